The number of benzene rings is 1. The van der Waals surface area contributed by atoms with Crippen LogP contribution >= 0.6 is 0 Å². The Labute approximate surface area is 97.7 Å². The van der Waals surface area contributed by atoms with Gasteiger partial charge in [0.1, 0.15) is 11.5 Å². The van der Waals surface area contributed by atoms with E-state index in [0.29, 0.717) is 6.54 Å². The van der Waals surface area contributed by atoms with Crippen LogP contribution in [0.15, 0.2) is 30.5 Å². The number of hydrogen-bond acceptors (Lipinski definition) is 2. The van der Waals surface area contributed by atoms with Crippen LogP contribution in [-0.4, -0.2) is 9.38 Å². The summed E-state index contributed by atoms with van der Waals surface area (Å²) in [4.78, 5) is 4.31. The standard InChI is InChI=1S/C13H12FN3/c1-8-4-13-16-7-10(6-15)17(13)12-3-2-9(14)5-11(8)12/h2-5,7H,6,15H2,1H3. The third-order valence-electron chi connectivity index (χ3n) is 3.04. The maximum atomic E-state index is 13.3. The Balaban J connectivity index is 2.56. The molecule has 0 unspecified atom stereocenters. The minimum absolute atomic E-state index is 0.227. The van der Waals surface area contributed by atoms with E-state index >= 15 is 0 Å². The van der Waals surface area contributed by atoms with Crippen molar-refractivity contribution in [3.63, 3.8) is 0 Å². The van der Waals surface area contributed by atoms with Crippen molar-refractivity contribution in [2.24, 2.45) is 5.73 Å². The second-order valence-corrected chi connectivity index (χ2v) is 4.14. The smallest absolute Gasteiger partial charge is 0.137 e. The topological polar surface area (TPSA) is 43.3 Å². The monoisotopic (exact) mass is 229 g/mol. The molecule has 1 aromatic carbocycles. The summed E-state index contributed by atoms with van der Waals surface area (Å²) >= 11 is 0. The van der Waals surface area contributed by atoms with Gasteiger partial charge in [-0.3, -0.25) is 4.40 Å². The van der Waals surface area contributed by atoms with Crippen LogP contribution < -0.4 is 5.73 Å². The molecule has 3 nitrogen and oxygen atoms in total. The molecule has 0 aliphatic carbocycles. The molecular formula is C13H12FN3. The van der Waals surface area contributed by atoms with Crippen LogP contribution in [0, 0.1) is 12.7 Å². The van der Waals surface area contributed by atoms with E-state index in [1.807, 2.05) is 17.4 Å². The summed E-state index contributed by atoms with van der Waals surface area (Å²) < 4.78 is 15.2. The van der Waals surface area contributed by atoms with Crippen LogP contribution in [0.3, 0.4) is 0 Å². The number of pyridine rings is 1. The van der Waals surface area contributed by atoms with Gasteiger partial charge >= 0.3 is 0 Å². The lowest BCUT2D eigenvalue weighted by molar-refractivity contribution is 0.629. The van der Waals surface area contributed by atoms with Gasteiger partial charge in [0.25, 0.3) is 0 Å². The molecule has 2 heterocycles. The Morgan fingerprint density at radius 1 is 1.35 bits per heavy atom. The van der Waals surface area contributed by atoms with Gasteiger partial charge in [0.05, 0.1) is 17.4 Å². The van der Waals surface area contributed by atoms with Gasteiger partial charge in [0, 0.05) is 11.9 Å². The first kappa shape index (κ1) is 10.2. The maximum absolute atomic E-state index is 13.3. The summed E-state index contributed by atoms with van der Waals surface area (Å²) in [7, 11) is 0. The molecule has 3 aromatic rings. The fourth-order valence-electron chi connectivity index (χ4n) is 2.22. The van der Waals surface area contributed by atoms with Crippen molar-refractivity contribution in [3.05, 3.63) is 47.5 Å². The Kier molecular flexibility index (Phi) is 2.12. The lowest BCUT2D eigenvalue weighted by Crippen LogP contribution is -2.02. The van der Waals surface area contributed by atoms with Crippen molar-refractivity contribution >= 4 is 16.6 Å². The van der Waals surface area contributed by atoms with Crippen molar-refractivity contribution in [1.82, 2.24) is 9.38 Å². The third-order valence-corrected chi connectivity index (χ3v) is 3.04. The quantitative estimate of drug-likeness (QED) is 0.696. The molecule has 0 aliphatic rings. The molecule has 0 amide bonds. The highest BCUT2D eigenvalue weighted by Gasteiger charge is 2.08. The first-order chi connectivity index (χ1) is 8.20. The number of aryl methyl sites for hydroxylation is 1. The Bertz CT molecular complexity index is 715. The normalized spacial score (nSPS) is 11.5. The molecule has 0 spiro atoms. The Morgan fingerprint density at radius 3 is 2.94 bits per heavy atom. The molecular weight excluding hydrogens is 217 g/mol. The highest BCUT2D eigenvalue weighted by Crippen LogP contribution is 2.23. The molecule has 0 atom stereocenters. The van der Waals surface area contributed by atoms with Gasteiger partial charge < -0.3 is 5.73 Å². The Hall–Kier alpha value is -1.94. The number of fused-ring (bicyclic) bond motifs is 3. The molecule has 3 rings (SSSR count). The molecule has 0 aliphatic heterocycles. The second kappa shape index (κ2) is 3.53. The fourth-order valence-corrected chi connectivity index (χ4v) is 2.22. The summed E-state index contributed by atoms with van der Waals surface area (Å²) in [5, 5.41) is 0.894. The predicted molar refractivity (Wildman–Crippen MR) is 65.3 cm³/mol. The van der Waals surface area contributed by atoms with Gasteiger partial charge in [-0.25, -0.2) is 9.37 Å². The molecule has 0 bridgehead atoms. The highest BCUT2D eigenvalue weighted by molar-refractivity contribution is 5.85. The molecule has 0 saturated heterocycles. The summed E-state index contributed by atoms with van der Waals surface area (Å²) in [6.45, 7) is 2.37. The fraction of sp³-hybridized carbons (Fsp3) is 0.154. The van der Waals surface area contributed by atoms with E-state index in [1.54, 1.807) is 18.3 Å². The van der Waals surface area contributed by atoms with Crippen LogP contribution in [0.5, 0.6) is 0 Å². The first-order valence-electron chi connectivity index (χ1n) is 5.46. The van der Waals surface area contributed by atoms with Crippen molar-refractivity contribution < 1.29 is 4.39 Å². The molecule has 17 heavy (non-hydrogen) atoms. The van der Waals surface area contributed by atoms with E-state index in [9.17, 15) is 4.39 Å². The summed E-state index contributed by atoms with van der Waals surface area (Å²) in [5.41, 5.74) is 9.42. The largest absolute Gasteiger partial charge is 0.325 e. The molecule has 2 aromatic heterocycles. The summed E-state index contributed by atoms with van der Waals surface area (Å²) in [6, 6.07) is 6.72. The zero-order chi connectivity index (χ0) is 12.0. The minimum atomic E-state index is -0.227. The summed E-state index contributed by atoms with van der Waals surface area (Å²) in [5.74, 6) is -0.227. The predicted octanol–water partition coefficient (Wildman–Crippen LogP) is 2.39. The van der Waals surface area contributed by atoms with E-state index in [0.717, 1.165) is 27.8 Å². The number of rotatable bonds is 1. The minimum Gasteiger partial charge on any atom is -0.325 e. The molecule has 0 radical (unpaired) electrons. The van der Waals surface area contributed by atoms with E-state index in [2.05, 4.69) is 4.98 Å². The second-order valence-electron chi connectivity index (χ2n) is 4.14. The number of nitrogens with zero attached hydrogens (tertiary/aromatic N) is 2. The molecule has 0 fully saturated rings. The van der Waals surface area contributed by atoms with E-state index < -0.39 is 0 Å². The average molecular weight is 229 g/mol. The number of hydrogen-bond donors (Lipinski definition) is 1. The van der Waals surface area contributed by atoms with Crippen LogP contribution in [0.2, 0.25) is 0 Å². The van der Waals surface area contributed by atoms with Crippen LogP contribution in [0.1, 0.15) is 11.3 Å². The van der Waals surface area contributed by atoms with E-state index in [1.165, 1.54) is 6.07 Å². The lowest BCUT2D eigenvalue weighted by atomic mass is 10.1. The Morgan fingerprint density at radius 2 is 2.18 bits per heavy atom. The van der Waals surface area contributed by atoms with Crippen molar-refractivity contribution in [1.29, 1.82) is 0 Å². The number of aromatic nitrogens is 2. The van der Waals surface area contributed by atoms with Crippen molar-refractivity contribution in [3.8, 4) is 0 Å². The molecule has 86 valence electrons. The van der Waals surface area contributed by atoms with E-state index in [4.69, 9.17) is 5.73 Å². The van der Waals surface area contributed by atoms with E-state index in [-0.39, 0.29) is 5.82 Å². The molecule has 0 saturated carbocycles. The average Bonchev–Trinajstić information content (AvgIpc) is 2.72. The molecule has 2 N–H and O–H groups in total. The van der Waals surface area contributed by atoms with Gasteiger partial charge in [-0.05, 0) is 36.8 Å². The van der Waals surface area contributed by atoms with Crippen LogP contribution in [0.25, 0.3) is 16.6 Å². The van der Waals surface area contributed by atoms with Crippen molar-refractivity contribution in [2.75, 3.05) is 0 Å². The highest BCUT2D eigenvalue weighted by atomic mass is 19.1. The van der Waals surface area contributed by atoms with Crippen LogP contribution in [0.4, 0.5) is 4.39 Å². The third kappa shape index (κ3) is 1.41. The van der Waals surface area contributed by atoms with Gasteiger partial charge in [0.2, 0.25) is 0 Å². The maximum Gasteiger partial charge on any atom is 0.137 e. The van der Waals surface area contributed by atoms with Gasteiger partial charge in [-0.2, -0.15) is 0 Å². The number of nitrogens with two attached hydrogens (primary N) is 1. The number of halogens is 1. The van der Waals surface area contributed by atoms with Crippen LogP contribution in [-0.2, 0) is 6.54 Å². The SMILES string of the molecule is Cc1cc2ncc(CN)n2c2ccc(F)cc12. The summed E-state index contributed by atoms with van der Waals surface area (Å²) in [6.07, 6.45) is 1.76. The zero-order valence-corrected chi connectivity index (χ0v) is 9.44. The van der Waals surface area contributed by atoms with Gasteiger partial charge in [-0.15, -0.1) is 0 Å². The van der Waals surface area contributed by atoms with Gasteiger partial charge in [-0.1, -0.05) is 0 Å². The zero-order valence-electron chi connectivity index (χ0n) is 9.44. The first-order valence-corrected chi connectivity index (χ1v) is 5.46. The van der Waals surface area contributed by atoms with Gasteiger partial charge in [0.15, 0.2) is 0 Å². The molecule has 4 heteroatoms. The lowest BCUT2D eigenvalue weighted by Gasteiger charge is -2.08. The van der Waals surface area contributed by atoms with Crippen molar-refractivity contribution in [2.45, 2.75) is 13.5 Å². The number of imidazole rings is 1.